The zero-order chi connectivity index (χ0) is 24.9. The van der Waals surface area contributed by atoms with Crippen LogP contribution in [-0.4, -0.2) is 48.1 Å². The highest BCUT2D eigenvalue weighted by Crippen LogP contribution is 2.25. The van der Waals surface area contributed by atoms with Gasteiger partial charge in [0.05, 0.1) is 13.7 Å². The number of rotatable bonds is 6. The van der Waals surface area contributed by atoms with E-state index in [1.54, 1.807) is 24.3 Å². The molecule has 0 fully saturated rings. The van der Waals surface area contributed by atoms with E-state index in [0.29, 0.717) is 16.0 Å². The monoisotopic (exact) mass is 481 g/mol. The lowest BCUT2D eigenvalue weighted by molar-refractivity contribution is -0.605. The maximum Gasteiger partial charge on any atom is 0.343 e. The summed E-state index contributed by atoms with van der Waals surface area (Å²) in [4.78, 5) is 40.1. The lowest BCUT2D eigenvalue weighted by atomic mass is 10.1. The lowest BCUT2D eigenvalue weighted by Crippen LogP contribution is -2.36. The minimum atomic E-state index is -0.676. The molecule has 0 spiro atoms. The number of carbonyl (C=O) groups is 2. The van der Waals surface area contributed by atoms with E-state index in [9.17, 15) is 24.0 Å². The first kappa shape index (κ1) is 23.9. The van der Waals surface area contributed by atoms with E-state index in [1.807, 2.05) is 0 Å². The standard InChI is InChI=1S/C25H24FN3O6/c1-34-25(32)23-20-8-11-27(24(31)18-6-4-10-28(33)16-18)12-13-29(20)22(30)15-21(23)35-14-9-17-5-2-3-7-19(17)26/h2-7,10,15-16H,8-9,11-14H2,1H3. The van der Waals surface area contributed by atoms with Gasteiger partial charge in [0.25, 0.3) is 11.5 Å². The van der Waals surface area contributed by atoms with Crippen LogP contribution in [-0.2, 0) is 24.1 Å². The average molecular weight is 481 g/mol. The van der Waals surface area contributed by atoms with Crippen molar-refractivity contribution in [3.05, 3.63) is 98.6 Å². The first-order chi connectivity index (χ1) is 16.9. The molecule has 9 nitrogen and oxygen atoms in total. The van der Waals surface area contributed by atoms with Crippen LogP contribution in [0.25, 0.3) is 0 Å². The second-order valence-electron chi connectivity index (χ2n) is 8.00. The summed E-state index contributed by atoms with van der Waals surface area (Å²) < 4.78 is 26.6. The number of benzene rings is 1. The number of esters is 1. The molecule has 0 saturated carbocycles. The van der Waals surface area contributed by atoms with Gasteiger partial charge < -0.3 is 24.1 Å². The maximum atomic E-state index is 13.9. The lowest BCUT2D eigenvalue weighted by Gasteiger charge is -2.19. The Morgan fingerprint density at radius 1 is 1.14 bits per heavy atom. The summed E-state index contributed by atoms with van der Waals surface area (Å²) >= 11 is 0. The Balaban J connectivity index is 1.59. The normalized spacial score (nSPS) is 13.0. The smallest absolute Gasteiger partial charge is 0.343 e. The number of carbonyl (C=O) groups excluding carboxylic acids is 2. The molecule has 0 atom stereocenters. The van der Waals surface area contributed by atoms with Crippen molar-refractivity contribution in [3.63, 3.8) is 0 Å². The number of halogens is 1. The number of pyridine rings is 2. The molecule has 0 radical (unpaired) electrons. The Morgan fingerprint density at radius 3 is 2.69 bits per heavy atom. The Morgan fingerprint density at radius 2 is 1.94 bits per heavy atom. The molecular formula is C25H24FN3O6. The van der Waals surface area contributed by atoms with Gasteiger partial charge in [-0.3, -0.25) is 9.59 Å². The van der Waals surface area contributed by atoms with Crippen LogP contribution in [0.3, 0.4) is 0 Å². The minimum Gasteiger partial charge on any atom is -0.619 e. The summed E-state index contributed by atoms with van der Waals surface area (Å²) in [6.07, 6.45) is 2.91. The van der Waals surface area contributed by atoms with Crippen LogP contribution in [0.2, 0.25) is 0 Å². The molecule has 0 saturated heterocycles. The van der Waals surface area contributed by atoms with E-state index < -0.39 is 5.97 Å². The van der Waals surface area contributed by atoms with Gasteiger partial charge in [-0.05, 0) is 17.7 Å². The van der Waals surface area contributed by atoms with Gasteiger partial charge in [0.1, 0.15) is 22.7 Å². The number of hydrogen-bond acceptors (Lipinski definition) is 6. The SMILES string of the molecule is COC(=O)c1c(OCCc2ccccc2F)cc(=O)n2c1CCN(C(=O)c1ccc[n+]([O-])c1)CC2. The molecule has 0 bridgehead atoms. The quantitative estimate of drug-likeness (QED) is 0.302. The minimum absolute atomic E-state index is 0.0433. The zero-order valence-corrected chi connectivity index (χ0v) is 19.1. The zero-order valence-electron chi connectivity index (χ0n) is 19.1. The number of hydrogen-bond donors (Lipinski definition) is 0. The Kier molecular flexibility index (Phi) is 7.09. The molecule has 3 aromatic rings. The van der Waals surface area contributed by atoms with Crippen LogP contribution < -0.4 is 15.0 Å². The van der Waals surface area contributed by atoms with Gasteiger partial charge in [-0.2, -0.15) is 4.73 Å². The third kappa shape index (κ3) is 5.16. The van der Waals surface area contributed by atoms with Gasteiger partial charge in [-0.15, -0.1) is 0 Å². The summed E-state index contributed by atoms with van der Waals surface area (Å²) in [6.45, 7) is 0.632. The van der Waals surface area contributed by atoms with Crippen molar-refractivity contribution in [3.8, 4) is 5.75 Å². The van der Waals surface area contributed by atoms with Crippen LogP contribution in [0.15, 0.2) is 59.7 Å². The molecular weight excluding hydrogens is 457 g/mol. The van der Waals surface area contributed by atoms with Crippen LogP contribution in [0.4, 0.5) is 4.39 Å². The maximum absolute atomic E-state index is 13.9. The van der Waals surface area contributed by atoms with E-state index in [2.05, 4.69) is 0 Å². The van der Waals surface area contributed by atoms with Crippen LogP contribution in [0, 0.1) is 11.0 Å². The van der Waals surface area contributed by atoms with Crippen molar-refractivity contribution >= 4 is 11.9 Å². The largest absolute Gasteiger partial charge is 0.619 e. The molecule has 35 heavy (non-hydrogen) atoms. The highest BCUT2D eigenvalue weighted by atomic mass is 19.1. The predicted molar refractivity (Wildman–Crippen MR) is 123 cm³/mol. The fourth-order valence-electron chi connectivity index (χ4n) is 4.12. The van der Waals surface area contributed by atoms with E-state index in [-0.39, 0.29) is 73.2 Å². The molecule has 0 unspecified atom stereocenters. The number of ether oxygens (including phenoxy) is 2. The number of aromatic nitrogens is 2. The Hall–Kier alpha value is -4.21. The third-order valence-corrected chi connectivity index (χ3v) is 5.88. The second-order valence-corrected chi connectivity index (χ2v) is 8.00. The number of methoxy groups -OCH3 is 1. The van der Waals surface area contributed by atoms with Gasteiger partial charge in [0, 0.05) is 50.3 Å². The average Bonchev–Trinajstić information content (AvgIpc) is 3.08. The van der Waals surface area contributed by atoms with Gasteiger partial charge in [0.2, 0.25) is 0 Å². The summed E-state index contributed by atoms with van der Waals surface area (Å²) in [6, 6.07) is 10.5. The third-order valence-electron chi connectivity index (χ3n) is 5.88. The molecule has 1 aromatic carbocycles. The summed E-state index contributed by atoms with van der Waals surface area (Å²) in [5, 5.41) is 11.6. The molecule has 10 heteroatoms. The highest BCUT2D eigenvalue weighted by molar-refractivity contribution is 5.94. The van der Waals surface area contributed by atoms with Crippen molar-refractivity contribution in [1.82, 2.24) is 9.47 Å². The molecule has 1 aliphatic rings. The molecule has 0 aliphatic carbocycles. The molecule has 4 rings (SSSR count). The highest BCUT2D eigenvalue weighted by Gasteiger charge is 2.28. The topological polar surface area (TPSA) is 105 Å². The van der Waals surface area contributed by atoms with Crippen LogP contribution in [0.5, 0.6) is 5.75 Å². The predicted octanol–water partition coefficient (Wildman–Crippen LogP) is 1.73. The fourth-order valence-corrected chi connectivity index (χ4v) is 4.12. The van der Waals surface area contributed by atoms with E-state index in [0.717, 1.165) is 0 Å². The van der Waals surface area contributed by atoms with E-state index in [1.165, 1.54) is 47.2 Å². The molecule has 182 valence electrons. The molecule has 2 aromatic heterocycles. The van der Waals surface area contributed by atoms with Gasteiger partial charge in [-0.25, -0.2) is 9.18 Å². The molecule has 3 heterocycles. The summed E-state index contributed by atoms with van der Waals surface area (Å²) in [5.74, 6) is -1.33. The van der Waals surface area contributed by atoms with E-state index >= 15 is 0 Å². The van der Waals surface area contributed by atoms with Crippen molar-refractivity contribution in [1.29, 1.82) is 0 Å². The molecule has 1 amide bonds. The van der Waals surface area contributed by atoms with Crippen LogP contribution >= 0.6 is 0 Å². The first-order valence-electron chi connectivity index (χ1n) is 11.1. The Labute approximate surface area is 200 Å². The molecule has 0 N–H and O–H groups in total. The number of amides is 1. The summed E-state index contributed by atoms with van der Waals surface area (Å²) in [5.41, 5.74) is 0.790. The van der Waals surface area contributed by atoms with Crippen molar-refractivity contribution < 1.29 is 28.2 Å². The van der Waals surface area contributed by atoms with Gasteiger partial charge in [-0.1, -0.05) is 18.2 Å². The molecule has 1 aliphatic heterocycles. The Bertz CT molecular complexity index is 1320. The summed E-state index contributed by atoms with van der Waals surface area (Å²) in [7, 11) is 1.23. The van der Waals surface area contributed by atoms with Gasteiger partial charge in [0.15, 0.2) is 12.4 Å². The van der Waals surface area contributed by atoms with Crippen molar-refractivity contribution in [2.24, 2.45) is 0 Å². The fraction of sp³-hybridized carbons (Fsp3) is 0.280. The number of fused-ring (bicyclic) bond motifs is 1. The van der Waals surface area contributed by atoms with Crippen molar-refractivity contribution in [2.45, 2.75) is 19.4 Å². The van der Waals surface area contributed by atoms with E-state index in [4.69, 9.17) is 9.47 Å². The van der Waals surface area contributed by atoms with Crippen molar-refractivity contribution in [2.75, 3.05) is 26.8 Å². The van der Waals surface area contributed by atoms with Gasteiger partial charge >= 0.3 is 5.97 Å². The second kappa shape index (κ2) is 10.4. The number of nitrogens with zero attached hydrogens (tertiary/aromatic N) is 3. The van der Waals surface area contributed by atoms with Crippen LogP contribution in [0.1, 0.15) is 32.0 Å². The first-order valence-corrected chi connectivity index (χ1v) is 11.1.